The number of hydrogen-bond acceptors (Lipinski definition) is 4. The van der Waals surface area contributed by atoms with E-state index in [2.05, 4.69) is 4.58 Å². The fraction of sp³-hybridized carbons (Fsp3) is 0.300. The van der Waals surface area contributed by atoms with Gasteiger partial charge in [0.05, 0.1) is 0 Å². The molecule has 0 aliphatic rings. The Hall–Kier alpha value is -0.950. The SMILES string of the molecule is CC(c1ccc(C(=O)SN=O)cc1)C(F)F.S. The number of halogens is 2. The van der Waals surface area contributed by atoms with E-state index in [1.165, 1.54) is 31.2 Å². The van der Waals surface area contributed by atoms with E-state index in [0.29, 0.717) is 5.56 Å². The summed E-state index contributed by atoms with van der Waals surface area (Å²) < 4.78 is 27.1. The van der Waals surface area contributed by atoms with Crippen LogP contribution in [0.2, 0.25) is 0 Å². The summed E-state index contributed by atoms with van der Waals surface area (Å²) in [6.07, 6.45) is -2.44. The van der Waals surface area contributed by atoms with Gasteiger partial charge in [-0.2, -0.15) is 13.5 Å². The topological polar surface area (TPSA) is 46.5 Å². The molecule has 0 fully saturated rings. The van der Waals surface area contributed by atoms with Crippen LogP contribution in [0.5, 0.6) is 0 Å². The first kappa shape index (κ1) is 16.1. The zero-order chi connectivity index (χ0) is 12.1. The maximum atomic E-state index is 12.4. The lowest BCUT2D eigenvalue weighted by molar-refractivity contribution is 0.108. The minimum absolute atomic E-state index is 0. The number of benzene rings is 1. The molecule has 7 heteroatoms. The third-order valence-corrected chi connectivity index (χ3v) is 2.65. The van der Waals surface area contributed by atoms with Crippen molar-refractivity contribution in [2.45, 2.75) is 19.3 Å². The molecule has 1 aromatic carbocycles. The molecular formula is C10H11F2NO2S2. The molecule has 0 bridgehead atoms. The van der Waals surface area contributed by atoms with Crippen molar-refractivity contribution >= 4 is 30.6 Å². The number of hydrogen-bond donors (Lipinski definition) is 0. The van der Waals surface area contributed by atoms with E-state index in [1.807, 2.05) is 0 Å². The van der Waals surface area contributed by atoms with Gasteiger partial charge >= 0.3 is 0 Å². The fourth-order valence-corrected chi connectivity index (χ4v) is 1.46. The highest BCUT2D eigenvalue weighted by molar-refractivity contribution is 8.12. The average molecular weight is 279 g/mol. The normalized spacial score (nSPS) is 11.8. The van der Waals surface area contributed by atoms with Crippen LogP contribution in [0, 0.1) is 4.91 Å². The lowest BCUT2D eigenvalue weighted by Crippen LogP contribution is -2.04. The van der Waals surface area contributed by atoms with Crippen LogP contribution in [0.3, 0.4) is 0 Å². The van der Waals surface area contributed by atoms with Gasteiger partial charge in [-0.15, -0.1) is 4.91 Å². The van der Waals surface area contributed by atoms with E-state index < -0.39 is 17.5 Å². The molecule has 0 radical (unpaired) electrons. The quantitative estimate of drug-likeness (QED) is 0.623. The molecule has 1 aromatic rings. The molecule has 0 saturated heterocycles. The van der Waals surface area contributed by atoms with Gasteiger partial charge in [0.25, 0.3) is 0 Å². The first-order valence-electron chi connectivity index (χ1n) is 4.48. The van der Waals surface area contributed by atoms with Crippen molar-refractivity contribution < 1.29 is 13.6 Å². The molecular weight excluding hydrogens is 268 g/mol. The Morgan fingerprint density at radius 2 is 1.82 bits per heavy atom. The summed E-state index contributed by atoms with van der Waals surface area (Å²) in [5.41, 5.74) is 0.727. The standard InChI is InChI=1S/C10H9F2NO2S.H2S/c1-6(9(11)12)7-2-4-8(5-3-7)10(14)16-13-15;/h2-6,9H,1H3;1H2. The van der Waals surface area contributed by atoms with E-state index in [1.54, 1.807) is 0 Å². The minimum atomic E-state index is -2.44. The zero-order valence-electron chi connectivity index (χ0n) is 8.89. The molecule has 1 atom stereocenters. The number of rotatable bonds is 4. The Bertz CT molecular complexity index is 384. The van der Waals surface area contributed by atoms with Crippen molar-refractivity contribution in [1.29, 1.82) is 0 Å². The predicted molar refractivity (Wildman–Crippen MR) is 69.0 cm³/mol. The molecule has 0 N–H and O–H groups in total. The van der Waals surface area contributed by atoms with Crippen LogP contribution in [0.4, 0.5) is 8.78 Å². The van der Waals surface area contributed by atoms with Gasteiger partial charge in [-0.25, -0.2) is 8.78 Å². The van der Waals surface area contributed by atoms with Crippen molar-refractivity contribution in [2.24, 2.45) is 4.58 Å². The summed E-state index contributed by atoms with van der Waals surface area (Å²) in [4.78, 5) is 21.0. The van der Waals surface area contributed by atoms with Crippen molar-refractivity contribution in [3.63, 3.8) is 0 Å². The molecule has 0 amide bonds. The van der Waals surface area contributed by atoms with Gasteiger partial charge in [0, 0.05) is 16.1 Å². The van der Waals surface area contributed by atoms with Crippen LogP contribution in [0.25, 0.3) is 0 Å². The summed E-state index contributed by atoms with van der Waals surface area (Å²) in [7, 11) is 0. The number of carbonyl (C=O) groups is 1. The Balaban J connectivity index is 0.00000256. The second kappa shape index (κ2) is 7.39. The summed E-state index contributed by atoms with van der Waals surface area (Å²) in [5.74, 6) is -0.874. The van der Waals surface area contributed by atoms with Gasteiger partial charge in [-0.1, -0.05) is 31.2 Å². The van der Waals surface area contributed by atoms with E-state index >= 15 is 0 Å². The maximum Gasteiger partial charge on any atom is 0.245 e. The van der Waals surface area contributed by atoms with Crippen LogP contribution >= 0.6 is 25.4 Å². The fourth-order valence-electron chi connectivity index (χ4n) is 1.15. The molecule has 3 nitrogen and oxygen atoms in total. The van der Waals surface area contributed by atoms with Crippen molar-refractivity contribution in [3.8, 4) is 0 Å². The largest absolute Gasteiger partial charge is 0.279 e. The van der Waals surface area contributed by atoms with Crippen molar-refractivity contribution in [3.05, 3.63) is 40.3 Å². The predicted octanol–water partition coefficient (Wildman–Crippen LogP) is 3.72. The second-order valence-electron chi connectivity index (χ2n) is 3.20. The molecule has 0 heterocycles. The van der Waals surface area contributed by atoms with Gasteiger partial charge < -0.3 is 0 Å². The Morgan fingerprint density at radius 1 is 1.29 bits per heavy atom. The van der Waals surface area contributed by atoms with Gasteiger partial charge in [0.2, 0.25) is 11.5 Å². The van der Waals surface area contributed by atoms with E-state index in [9.17, 15) is 18.5 Å². The third-order valence-electron chi connectivity index (χ3n) is 2.17. The van der Waals surface area contributed by atoms with Crippen molar-refractivity contribution in [1.82, 2.24) is 0 Å². The van der Waals surface area contributed by atoms with E-state index in [0.717, 1.165) is 0 Å². The molecule has 1 rings (SSSR count). The number of nitroso groups, excluding NO2 is 1. The Labute approximate surface area is 109 Å². The molecule has 0 saturated carbocycles. The number of nitrogens with zero attached hydrogens (tertiary/aromatic N) is 1. The Kier molecular flexibility index (Phi) is 6.98. The molecule has 17 heavy (non-hydrogen) atoms. The van der Waals surface area contributed by atoms with E-state index in [-0.39, 0.29) is 31.0 Å². The lowest BCUT2D eigenvalue weighted by Gasteiger charge is -2.10. The molecule has 0 aliphatic carbocycles. The van der Waals surface area contributed by atoms with Gasteiger partial charge in [-0.05, 0) is 5.56 Å². The van der Waals surface area contributed by atoms with Crippen LogP contribution in [0.15, 0.2) is 28.8 Å². The highest BCUT2D eigenvalue weighted by Gasteiger charge is 2.17. The molecule has 0 aliphatic heterocycles. The molecule has 1 unspecified atom stereocenters. The Morgan fingerprint density at radius 3 is 2.24 bits per heavy atom. The third kappa shape index (κ3) is 4.43. The van der Waals surface area contributed by atoms with Crippen LogP contribution in [0.1, 0.15) is 28.8 Å². The first-order valence-corrected chi connectivity index (χ1v) is 5.25. The highest BCUT2D eigenvalue weighted by atomic mass is 32.2. The lowest BCUT2D eigenvalue weighted by atomic mass is 10.0. The van der Waals surface area contributed by atoms with Crippen molar-refractivity contribution in [2.75, 3.05) is 0 Å². The van der Waals surface area contributed by atoms with Gasteiger partial charge in [0.1, 0.15) is 11.9 Å². The second-order valence-corrected chi connectivity index (χ2v) is 3.90. The van der Waals surface area contributed by atoms with Gasteiger partial charge in [0.15, 0.2) is 0 Å². The molecule has 0 spiro atoms. The molecule has 0 aromatic heterocycles. The zero-order valence-corrected chi connectivity index (χ0v) is 10.7. The minimum Gasteiger partial charge on any atom is -0.279 e. The highest BCUT2D eigenvalue weighted by Crippen LogP contribution is 2.23. The van der Waals surface area contributed by atoms with E-state index in [4.69, 9.17) is 0 Å². The monoisotopic (exact) mass is 279 g/mol. The van der Waals surface area contributed by atoms with Crippen LogP contribution in [-0.4, -0.2) is 11.5 Å². The van der Waals surface area contributed by atoms with Crippen LogP contribution < -0.4 is 0 Å². The summed E-state index contributed by atoms with van der Waals surface area (Å²) in [5, 5.41) is -0.494. The molecule has 94 valence electrons. The maximum absolute atomic E-state index is 12.4. The van der Waals surface area contributed by atoms with Gasteiger partial charge in [-0.3, -0.25) is 4.79 Å². The summed E-state index contributed by atoms with van der Waals surface area (Å²) in [6.45, 7) is 1.41. The van der Waals surface area contributed by atoms with Crippen LogP contribution in [-0.2, 0) is 0 Å². The average Bonchev–Trinajstić information content (AvgIpc) is 2.28. The number of carbonyl (C=O) groups excluding carboxylic acids is 1. The smallest absolute Gasteiger partial charge is 0.245 e. The summed E-state index contributed by atoms with van der Waals surface area (Å²) in [6, 6.07) is 5.73. The number of alkyl halides is 2. The first-order chi connectivity index (χ1) is 7.56. The summed E-state index contributed by atoms with van der Waals surface area (Å²) >= 11 is 0.287.